The molecule has 102 valence electrons. The maximum absolute atomic E-state index is 11.8. The van der Waals surface area contributed by atoms with Crippen LogP contribution in [0.3, 0.4) is 0 Å². The van der Waals surface area contributed by atoms with Crippen molar-refractivity contribution in [1.82, 2.24) is 5.32 Å². The third-order valence-corrected chi connectivity index (χ3v) is 4.08. The molecule has 0 aliphatic carbocycles. The van der Waals surface area contributed by atoms with Gasteiger partial charge in [0.05, 0.1) is 6.04 Å². The second-order valence-corrected chi connectivity index (χ2v) is 7.47. The van der Waals surface area contributed by atoms with Crippen molar-refractivity contribution in [3.63, 3.8) is 0 Å². The third-order valence-electron chi connectivity index (χ3n) is 2.90. The Balaban J connectivity index is 2.32. The molecule has 1 aromatic rings. The van der Waals surface area contributed by atoms with E-state index in [4.69, 9.17) is 0 Å². The van der Waals surface area contributed by atoms with Gasteiger partial charge in [0.2, 0.25) is 5.91 Å². The molecule has 0 bridgehead atoms. The molecule has 2 nitrogen and oxygen atoms in total. The van der Waals surface area contributed by atoms with Crippen LogP contribution in [0.5, 0.6) is 0 Å². The molecule has 0 saturated carbocycles. The Morgan fingerprint density at radius 3 is 2.56 bits per heavy atom. The summed E-state index contributed by atoms with van der Waals surface area (Å²) >= 11 is 1.75. The molecule has 18 heavy (non-hydrogen) atoms. The normalized spacial score (nSPS) is 13.4. The largest absolute Gasteiger partial charge is 0.349 e. The summed E-state index contributed by atoms with van der Waals surface area (Å²) in [7, 11) is 0. The SMILES string of the molecule is Cc1ccc(C(C)NC(=O)CCCC(C)(C)C)s1. The van der Waals surface area contributed by atoms with Crippen molar-refractivity contribution < 1.29 is 4.79 Å². The average molecular weight is 267 g/mol. The van der Waals surface area contributed by atoms with Crippen LogP contribution in [0, 0.1) is 12.3 Å². The molecular formula is C15H25NOS. The fourth-order valence-electron chi connectivity index (χ4n) is 1.85. The lowest BCUT2D eigenvalue weighted by molar-refractivity contribution is -0.121. The van der Waals surface area contributed by atoms with Crippen molar-refractivity contribution in [3.05, 3.63) is 21.9 Å². The quantitative estimate of drug-likeness (QED) is 0.839. The number of aryl methyl sites for hydroxylation is 1. The summed E-state index contributed by atoms with van der Waals surface area (Å²) in [6.45, 7) is 10.8. The van der Waals surface area contributed by atoms with Crippen molar-refractivity contribution in [3.8, 4) is 0 Å². The fraction of sp³-hybridized carbons (Fsp3) is 0.667. The van der Waals surface area contributed by atoms with Crippen LogP contribution >= 0.6 is 11.3 Å². The Bertz CT molecular complexity index is 389. The predicted molar refractivity (Wildman–Crippen MR) is 78.9 cm³/mol. The topological polar surface area (TPSA) is 29.1 Å². The van der Waals surface area contributed by atoms with Crippen LogP contribution in [0.25, 0.3) is 0 Å². The molecule has 1 amide bonds. The number of hydrogen-bond acceptors (Lipinski definition) is 2. The monoisotopic (exact) mass is 267 g/mol. The summed E-state index contributed by atoms with van der Waals surface area (Å²) in [5.41, 5.74) is 0.316. The van der Waals surface area contributed by atoms with Gasteiger partial charge in [-0.1, -0.05) is 20.8 Å². The number of rotatable bonds is 5. The van der Waals surface area contributed by atoms with Gasteiger partial charge < -0.3 is 5.32 Å². The van der Waals surface area contributed by atoms with Crippen molar-refractivity contribution >= 4 is 17.2 Å². The Morgan fingerprint density at radius 1 is 1.39 bits per heavy atom. The van der Waals surface area contributed by atoms with Gasteiger partial charge in [-0.25, -0.2) is 0 Å². The van der Waals surface area contributed by atoms with Gasteiger partial charge in [0.1, 0.15) is 0 Å². The molecule has 1 unspecified atom stereocenters. The summed E-state index contributed by atoms with van der Waals surface area (Å²) in [4.78, 5) is 14.3. The number of hydrogen-bond donors (Lipinski definition) is 1. The van der Waals surface area contributed by atoms with Gasteiger partial charge in [-0.3, -0.25) is 4.79 Å². The van der Waals surface area contributed by atoms with Crippen LogP contribution in [-0.4, -0.2) is 5.91 Å². The lowest BCUT2D eigenvalue weighted by Crippen LogP contribution is -2.26. The van der Waals surface area contributed by atoms with E-state index in [0.717, 1.165) is 12.8 Å². The number of nitrogens with one attached hydrogen (secondary N) is 1. The van der Waals surface area contributed by atoms with Crippen molar-refractivity contribution in [2.75, 3.05) is 0 Å². The Morgan fingerprint density at radius 2 is 2.06 bits per heavy atom. The van der Waals surface area contributed by atoms with E-state index >= 15 is 0 Å². The van der Waals surface area contributed by atoms with Gasteiger partial charge in [-0.15, -0.1) is 11.3 Å². The molecule has 3 heteroatoms. The molecule has 0 aromatic carbocycles. The second kappa shape index (κ2) is 6.37. The van der Waals surface area contributed by atoms with Crippen LogP contribution in [0.1, 0.15) is 62.8 Å². The molecule has 1 rings (SSSR count). The number of amides is 1. The van der Waals surface area contributed by atoms with Crippen LogP contribution in [0.15, 0.2) is 12.1 Å². The van der Waals surface area contributed by atoms with Gasteiger partial charge in [0, 0.05) is 16.2 Å². The summed E-state index contributed by atoms with van der Waals surface area (Å²) < 4.78 is 0. The lowest BCUT2D eigenvalue weighted by Gasteiger charge is -2.18. The maximum atomic E-state index is 11.8. The van der Waals surface area contributed by atoms with E-state index < -0.39 is 0 Å². The van der Waals surface area contributed by atoms with E-state index in [0.29, 0.717) is 11.8 Å². The summed E-state index contributed by atoms with van der Waals surface area (Å²) in [6.07, 6.45) is 2.68. The van der Waals surface area contributed by atoms with E-state index in [9.17, 15) is 4.79 Å². The van der Waals surface area contributed by atoms with E-state index in [-0.39, 0.29) is 11.9 Å². The molecule has 1 atom stereocenters. The maximum Gasteiger partial charge on any atom is 0.220 e. The zero-order chi connectivity index (χ0) is 13.8. The molecule has 0 fully saturated rings. The summed E-state index contributed by atoms with van der Waals surface area (Å²) in [6, 6.07) is 4.33. The molecule has 0 aliphatic heterocycles. The molecular weight excluding hydrogens is 242 g/mol. The number of carbonyl (C=O) groups is 1. The highest BCUT2D eigenvalue weighted by atomic mass is 32.1. The highest BCUT2D eigenvalue weighted by Gasteiger charge is 2.13. The molecule has 0 aliphatic rings. The first kappa shape index (κ1) is 15.2. The lowest BCUT2D eigenvalue weighted by atomic mass is 9.90. The third kappa shape index (κ3) is 5.67. The molecule has 1 heterocycles. The van der Waals surface area contributed by atoms with E-state index in [1.807, 2.05) is 6.92 Å². The first-order valence-electron chi connectivity index (χ1n) is 6.63. The first-order chi connectivity index (χ1) is 8.28. The van der Waals surface area contributed by atoms with Gasteiger partial charge in [-0.2, -0.15) is 0 Å². The van der Waals surface area contributed by atoms with Crippen LogP contribution in [0.2, 0.25) is 0 Å². The van der Waals surface area contributed by atoms with Gasteiger partial charge in [0.25, 0.3) is 0 Å². The fourth-order valence-corrected chi connectivity index (χ4v) is 2.73. The minimum Gasteiger partial charge on any atom is -0.349 e. The van der Waals surface area contributed by atoms with Crippen molar-refractivity contribution in [2.45, 2.75) is 59.9 Å². The highest BCUT2D eigenvalue weighted by molar-refractivity contribution is 7.12. The van der Waals surface area contributed by atoms with Crippen molar-refractivity contribution in [2.24, 2.45) is 5.41 Å². The standard InChI is InChI=1S/C15H25NOS/c1-11-8-9-13(18-11)12(2)16-14(17)7-6-10-15(3,4)5/h8-9,12H,6-7,10H2,1-5H3,(H,16,17). The first-order valence-corrected chi connectivity index (χ1v) is 7.45. The van der Waals surface area contributed by atoms with Crippen LogP contribution in [-0.2, 0) is 4.79 Å². The molecule has 0 spiro atoms. The Hall–Kier alpha value is -0.830. The summed E-state index contributed by atoms with van der Waals surface area (Å²) in [5, 5.41) is 3.07. The molecule has 1 N–H and O–H groups in total. The smallest absolute Gasteiger partial charge is 0.220 e. The second-order valence-electron chi connectivity index (χ2n) is 6.15. The van der Waals surface area contributed by atoms with Crippen LogP contribution < -0.4 is 5.32 Å². The Labute approximate surface area is 115 Å². The summed E-state index contributed by atoms with van der Waals surface area (Å²) in [5.74, 6) is 0.165. The number of thiophene rings is 1. The minimum absolute atomic E-state index is 0.130. The zero-order valence-electron chi connectivity index (χ0n) is 12.2. The minimum atomic E-state index is 0.130. The predicted octanol–water partition coefficient (Wildman–Crippen LogP) is 4.45. The van der Waals surface area contributed by atoms with Crippen molar-refractivity contribution in [1.29, 1.82) is 0 Å². The molecule has 1 aromatic heterocycles. The average Bonchev–Trinajstić information content (AvgIpc) is 2.62. The molecule has 0 radical (unpaired) electrons. The van der Waals surface area contributed by atoms with Crippen LogP contribution in [0.4, 0.5) is 0 Å². The van der Waals surface area contributed by atoms with Gasteiger partial charge >= 0.3 is 0 Å². The molecule has 0 saturated heterocycles. The van der Waals surface area contributed by atoms with E-state index in [1.165, 1.54) is 9.75 Å². The van der Waals surface area contributed by atoms with E-state index in [1.54, 1.807) is 11.3 Å². The van der Waals surface area contributed by atoms with Gasteiger partial charge in [0.15, 0.2) is 0 Å². The Kier molecular flexibility index (Phi) is 5.39. The highest BCUT2D eigenvalue weighted by Crippen LogP contribution is 2.23. The zero-order valence-corrected chi connectivity index (χ0v) is 13.0. The van der Waals surface area contributed by atoms with E-state index in [2.05, 4.69) is 45.1 Å². The number of carbonyl (C=O) groups excluding carboxylic acids is 1. The van der Waals surface area contributed by atoms with Gasteiger partial charge in [-0.05, 0) is 44.2 Å².